The maximum atomic E-state index is 13.3. The summed E-state index contributed by atoms with van der Waals surface area (Å²) in [4.78, 5) is 18.1. The minimum absolute atomic E-state index is 0.00593. The molecule has 3 fully saturated rings. The summed E-state index contributed by atoms with van der Waals surface area (Å²) in [6.07, 6.45) is 7.85. The van der Waals surface area contributed by atoms with Crippen molar-refractivity contribution in [2.24, 2.45) is 5.92 Å². The van der Waals surface area contributed by atoms with Gasteiger partial charge >= 0.3 is 0 Å². The molecule has 7 heteroatoms. The van der Waals surface area contributed by atoms with Gasteiger partial charge in [-0.1, -0.05) is 29.3 Å². The van der Waals surface area contributed by atoms with Crippen LogP contribution in [-0.4, -0.2) is 55.7 Å². The fraction of sp³-hybridized carbons (Fsp3) is 0.536. The van der Waals surface area contributed by atoms with Crippen molar-refractivity contribution in [2.75, 3.05) is 37.6 Å². The van der Waals surface area contributed by atoms with E-state index < -0.39 is 0 Å². The van der Waals surface area contributed by atoms with E-state index in [1.807, 2.05) is 36.4 Å². The highest BCUT2D eigenvalue weighted by Crippen LogP contribution is 2.32. The topological polar surface area (TPSA) is 44.8 Å². The van der Waals surface area contributed by atoms with Crippen LogP contribution < -0.4 is 15.0 Å². The fourth-order valence-corrected chi connectivity index (χ4v) is 5.71. The first-order valence-corrected chi connectivity index (χ1v) is 13.8. The highest BCUT2D eigenvalue weighted by Gasteiger charge is 2.30. The average Bonchev–Trinajstić information content (AvgIpc) is 3.50. The normalized spacial score (nSPS) is 21.7. The molecule has 0 radical (unpaired) electrons. The SMILES string of the molecule is O=C(NC(Cc1ccc(OC2CCC2)c(Cl)c1)CN1CCCC1)[C@@H]1CCN(c2ccc(Cl)cc2)C1. The lowest BCUT2D eigenvalue weighted by Gasteiger charge is -2.28. The van der Waals surface area contributed by atoms with Crippen molar-refractivity contribution in [3.8, 4) is 5.75 Å². The van der Waals surface area contributed by atoms with E-state index in [1.165, 1.54) is 19.3 Å². The Morgan fingerprint density at radius 1 is 1.00 bits per heavy atom. The lowest BCUT2D eigenvalue weighted by molar-refractivity contribution is -0.125. The molecule has 3 aliphatic rings. The van der Waals surface area contributed by atoms with Crippen LogP contribution in [0.4, 0.5) is 5.69 Å². The molecule has 2 heterocycles. The Kier molecular flexibility index (Phi) is 8.06. The summed E-state index contributed by atoms with van der Waals surface area (Å²) in [7, 11) is 0. The van der Waals surface area contributed by atoms with E-state index in [9.17, 15) is 4.79 Å². The Hall–Kier alpha value is -1.95. The molecule has 1 amide bonds. The zero-order chi connectivity index (χ0) is 24.2. The molecule has 0 spiro atoms. The molecule has 2 saturated heterocycles. The van der Waals surface area contributed by atoms with Gasteiger partial charge in [0.1, 0.15) is 5.75 Å². The van der Waals surface area contributed by atoms with Gasteiger partial charge in [-0.2, -0.15) is 0 Å². The standard InChI is InChI=1S/C28H35Cl2N3O2/c29-22-7-9-24(10-8-22)33-15-12-21(18-33)28(34)31-23(19-32-13-1-2-14-32)16-20-6-11-27(26(30)17-20)35-25-4-3-5-25/h6-11,17,21,23,25H,1-5,12-16,18-19H2,(H,31,34)/t21-,23?/m1/s1. The van der Waals surface area contributed by atoms with Crippen molar-refractivity contribution in [1.29, 1.82) is 0 Å². The molecular weight excluding hydrogens is 481 g/mol. The van der Waals surface area contributed by atoms with Gasteiger partial charge in [0, 0.05) is 36.4 Å². The number of nitrogens with zero attached hydrogens (tertiary/aromatic N) is 2. The van der Waals surface area contributed by atoms with Crippen LogP contribution in [0.3, 0.4) is 0 Å². The zero-order valence-electron chi connectivity index (χ0n) is 20.2. The molecule has 35 heavy (non-hydrogen) atoms. The van der Waals surface area contributed by atoms with Crippen molar-refractivity contribution in [3.05, 3.63) is 58.1 Å². The molecule has 5 nitrogen and oxygen atoms in total. The van der Waals surface area contributed by atoms with Gasteiger partial charge in [-0.05, 0) is 100.0 Å². The first-order chi connectivity index (χ1) is 17.0. The van der Waals surface area contributed by atoms with E-state index in [-0.39, 0.29) is 17.9 Å². The van der Waals surface area contributed by atoms with E-state index in [2.05, 4.69) is 21.2 Å². The molecule has 2 aliphatic heterocycles. The summed E-state index contributed by atoms with van der Waals surface area (Å²) < 4.78 is 6.01. The molecule has 0 bridgehead atoms. The number of rotatable bonds is 9. The molecule has 188 valence electrons. The average molecular weight is 517 g/mol. The molecule has 1 N–H and O–H groups in total. The second-order valence-electron chi connectivity index (χ2n) is 10.3. The predicted octanol–water partition coefficient (Wildman–Crippen LogP) is 5.57. The largest absolute Gasteiger partial charge is 0.489 e. The minimum Gasteiger partial charge on any atom is -0.489 e. The maximum Gasteiger partial charge on any atom is 0.225 e. The van der Waals surface area contributed by atoms with Gasteiger partial charge < -0.3 is 19.9 Å². The number of ether oxygens (including phenoxy) is 1. The number of halogens is 2. The summed E-state index contributed by atoms with van der Waals surface area (Å²) in [6.45, 7) is 4.71. The first-order valence-electron chi connectivity index (χ1n) is 13.0. The van der Waals surface area contributed by atoms with Gasteiger partial charge in [-0.15, -0.1) is 0 Å². The van der Waals surface area contributed by atoms with Crippen LogP contribution >= 0.6 is 23.2 Å². The minimum atomic E-state index is -0.00593. The van der Waals surface area contributed by atoms with E-state index in [0.717, 1.165) is 80.4 Å². The number of carbonyl (C=O) groups excluding carboxylic acids is 1. The number of benzene rings is 2. The number of hydrogen-bond acceptors (Lipinski definition) is 4. The third-order valence-corrected chi connectivity index (χ3v) is 8.15. The van der Waals surface area contributed by atoms with Crippen LogP contribution in [0.2, 0.25) is 10.0 Å². The molecule has 1 aliphatic carbocycles. The predicted molar refractivity (Wildman–Crippen MR) is 143 cm³/mol. The quantitative estimate of drug-likeness (QED) is 0.473. The summed E-state index contributed by atoms with van der Waals surface area (Å²) in [5.74, 6) is 0.920. The second kappa shape index (κ2) is 11.4. The summed E-state index contributed by atoms with van der Waals surface area (Å²) in [5, 5.41) is 4.79. The molecule has 0 aromatic heterocycles. The van der Waals surface area contributed by atoms with Crippen LogP contribution in [0.5, 0.6) is 5.75 Å². The van der Waals surface area contributed by atoms with E-state index in [4.69, 9.17) is 27.9 Å². The lowest BCUT2D eigenvalue weighted by Crippen LogP contribution is -2.46. The first kappa shape index (κ1) is 24.7. The van der Waals surface area contributed by atoms with Crippen LogP contribution in [0.25, 0.3) is 0 Å². The third-order valence-electron chi connectivity index (χ3n) is 7.60. The lowest BCUT2D eigenvalue weighted by atomic mass is 9.96. The Balaban J connectivity index is 1.21. The number of amides is 1. The maximum absolute atomic E-state index is 13.3. The van der Waals surface area contributed by atoms with E-state index in [1.54, 1.807) is 0 Å². The fourth-order valence-electron chi connectivity index (χ4n) is 5.34. The van der Waals surface area contributed by atoms with Crippen LogP contribution in [0.1, 0.15) is 44.1 Å². The van der Waals surface area contributed by atoms with Gasteiger partial charge in [-0.25, -0.2) is 0 Å². The Bertz CT molecular complexity index is 1010. The third kappa shape index (κ3) is 6.44. The smallest absolute Gasteiger partial charge is 0.225 e. The molecule has 2 atom stereocenters. The Morgan fingerprint density at radius 3 is 2.46 bits per heavy atom. The van der Waals surface area contributed by atoms with Gasteiger partial charge in [0.05, 0.1) is 17.0 Å². The summed E-state index contributed by atoms with van der Waals surface area (Å²) >= 11 is 12.6. The van der Waals surface area contributed by atoms with Crippen LogP contribution in [0, 0.1) is 5.92 Å². The summed E-state index contributed by atoms with van der Waals surface area (Å²) in [5.41, 5.74) is 2.26. The highest BCUT2D eigenvalue weighted by atomic mass is 35.5. The monoisotopic (exact) mass is 515 g/mol. The van der Waals surface area contributed by atoms with E-state index >= 15 is 0 Å². The molecule has 2 aromatic carbocycles. The van der Waals surface area contributed by atoms with Gasteiger partial charge in [-0.3, -0.25) is 4.79 Å². The zero-order valence-corrected chi connectivity index (χ0v) is 21.7. The molecule has 2 aromatic rings. The van der Waals surface area contributed by atoms with Crippen LogP contribution in [0.15, 0.2) is 42.5 Å². The van der Waals surface area contributed by atoms with Crippen molar-refractivity contribution in [3.63, 3.8) is 0 Å². The Morgan fingerprint density at radius 2 is 1.77 bits per heavy atom. The number of likely N-dealkylation sites (tertiary alicyclic amines) is 1. The second-order valence-corrected chi connectivity index (χ2v) is 11.1. The Labute approximate surface area is 218 Å². The van der Waals surface area contributed by atoms with Crippen LogP contribution in [-0.2, 0) is 11.2 Å². The molecule has 1 saturated carbocycles. The summed E-state index contributed by atoms with van der Waals surface area (Å²) in [6, 6.07) is 14.0. The molecule has 5 rings (SSSR count). The number of hydrogen-bond donors (Lipinski definition) is 1. The number of anilines is 1. The molecule has 1 unspecified atom stereocenters. The number of carbonyl (C=O) groups is 1. The number of nitrogens with one attached hydrogen (secondary N) is 1. The van der Waals surface area contributed by atoms with Gasteiger partial charge in [0.25, 0.3) is 0 Å². The van der Waals surface area contributed by atoms with Gasteiger partial charge in [0.15, 0.2) is 0 Å². The van der Waals surface area contributed by atoms with Crippen molar-refractivity contribution in [1.82, 2.24) is 10.2 Å². The van der Waals surface area contributed by atoms with E-state index in [0.29, 0.717) is 11.1 Å². The van der Waals surface area contributed by atoms with Crippen molar-refractivity contribution in [2.45, 2.75) is 57.1 Å². The van der Waals surface area contributed by atoms with Crippen molar-refractivity contribution >= 4 is 34.8 Å². The highest BCUT2D eigenvalue weighted by molar-refractivity contribution is 6.32. The molecular formula is C28H35Cl2N3O2. The van der Waals surface area contributed by atoms with Crippen molar-refractivity contribution < 1.29 is 9.53 Å². The van der Waals surface area contributed by atoms with Gasteiger partial charge in [0.2, 0.25) is 5.91 Å².